The number of amides is 1. The number of nitrogens with one attached hydrogen (secondary N) is 1. The molecule has 0 unspecified atom stereocenters. The predicted molar refractivity (Wildman–Crippen MR) is 96.5 cm³/mol. The highest BCUT2D eigenvalue weighted by Gasteiger charge is 2.22. The predicted octanol–water partition coefficient (Wildman–Crippen LogP) is 1.58. The van der Waals surface area contributed by atoms with Crippen LogP contribution in [-0.4, -0.2) is 51.2 Å². The highest BCUT2D eigenvalue weighted by Crippen LogP contribution is 2.25. The standard InChI is InChI=1S/C17H24N2O3S.ClH/c20-17(19-10-2-8-18-9-11-19)7-12-23(21,22)16-6-5-14-3-1-4-15(14)13-16;/h5-6,13,18H,1-4,7-12H2;1H. The Morgan fingerprint density at radius 1 is 1.08 bits per heavy atom. The molecule has 0 saturated carbocycles. The van der Waals surface area contributed by atoms with Crippen LogP contribution in [0.2, 0.25) is 0 Å². The minimum Gasteiger partial charge on any atom is -0.341 e. The molecular formula is C17H25ClN2O3S. The molecule has 1 amide bonds. The Labute approximate surface area is 150 Å². The van der Waals surface area contributed by atoms with Gasteiger partial charge in [0.1, 0.15) is 0 Å². The fourth-order valence-electron chi connectivity index (χ4n) is 3.33. The summed E-state index contributed by atoms with van der Waals surface area (Å²) in [5, 5.41) is 3.24. The number of carbonyl (C=O) groups excluding carboxylic acids is 1. The molecule has 0 radical (unpaired) electrons. The Morgan fingerprint density at radius 2 is 1.88 bits per heavy atom. The van der Waals surface area contributed by atoms with Crippen molar-refractivity contribution in [2.75, 3.05) is 31.9 Å². The molecule has 1 aliphatic heterocycles. The number of fused-ring (bicyclic) bond motifs is 1. The molecule has 1 aromatic rings. The van der Waals surface area contributed by atoms with Crippen LogP contribution < -0.4 is 5.32 Å². The summed E-state index contributed by atoms with van der Waals surface area (Å²) < 4.78 is 25.0. The molecule has 5 nitrogen and oxygen atoms in total. The summed E-state index contributed by atoms with van der Waals surface area (Å²) in [6.07, 6.45) is 4.08. The second-order valence-electron chi connectivity index (χ2n) is 6.34. The Kier molecular flexibility index (Phi) is 6.66. The molecule has 1 aliphatic carbocycles. The Bertz CT molecular complexity index is 683. The number of halogens is 1. The summed E-state index contributed by atoms with van der Waals surface area (Å²) in [5.74, 6) is -0.160. The van der Waals surface area contributed by atoms with Crippen molar-refractivity contribution in [3.63, 3.8) is 0 Å². The molecule has 0 spiro atoms. The maximum Gasteiger partial charge on any atom is 0.223 e. The molecule has 3 rings (SSSR count). The van der Waals surface area contributed by atoms with Crippen LogP contribution in [0, 0.1) is 0 Å². The fraction of sp³-hybridized carbons (Fsp3) is 0.588. The molecule has 1 aromatic carbocycles. The molecule has 0 bridgehead atoms. The van der Waals surface area contributed by atoms with Crippen LogP contribution >= 0.6 is 12.4 Å². The van der Waals surface area contributed by atoms with Crippen molar-refractivity contribution in [1.29, 1.82) is 0 Å². The van der Waals surface area contributed by atoms with Gasteiger partial charge in [0, 0.05) is 26.1 Å². The van der Waals surface area contributed by atoms with E-state index in [4.69, 9.17) is 0 Å². The lowest BCUT2D eigenvalue weighted by Crippen LogP contribution is -2.35. The first-order valence-electron chi connectivity index (χ1n) is 8.39. The Morgan fingerprint density at radius 3 is 2.71 bits per heavy atom. The van der Waals surface area contributed by atoms with Crippen molar-refractivity contribution in [2.24, 2.45) is 0 Å². The van der Waals surface area contributed by atoms with Gasteiger partial charge in [-0.15, -0.1) is 12.4 Å². The summed E-state index contributed by atoms with van der Waals surface area (Å²) in [5.41, 5.74) is 2.41. The van der Waals surface area contributed by atoms with Gasteiger partial charge in [-0.3, -0.25) is 4.79 Å². The summed E-state index contributed by atoms with van der Waals surface area (Å²) in [4.78, 5) is 14.4. The number of rotatable bonds is 4. The van der Waals surface area contributed by atoms with Gasteiger partial charge in [-0.2, -0.15) is 0 Å². The second-order valence-corrected chi connectivity index (χ2v) is 8.45. The van der Waals surface area contributed by atoms with E-state index in [0.717, 1.165) is 44.3 Å². The molecule has 2 aliphatic rings. The summed E-state index contributed by atoms with van der Waals surface area (Å²) in [6.45, 7) is 3.07. The van der Waals surface area contributed by atoms with E-state index >= 15 is 0 Å². The van der Waals surface area contributed by atoms with E-state index in [1.54, 1.807) is 17.0 Å². The average molecular weight is 373 g/mol. The first kappa shape index (κ1) is 19.2. The lowest BCUT2D eigenvalue weighted by molar-refractivity contribution is -0.130. The summed E-state index contributed by atoms with van der Waals surface area (Å²) in [6, 6.07) is 5.43. The number of aryl methyl sites for hydroxylation is 2. The lowest BCUT2D eigenvalue weighted by atomic mass is 10.1. The SMILES string of the molecule is Cl.O=C(CCS(=O)(=O)c1ccc2c(c1)CCC2)N1CCCNCC1. The number of hydrogen-bond donors (Lipinski definition) is 1. The first-order chi connectivity index (χ1) is 11.1. The van der Waals surface area contributed by atoms with Crippen molar-refractivity contribution in [3.8, 4) is 0 Å². The molecule has 1 N–H and O–H groups in total. The number of benzene rings is 1. The number of hydrogen-bond acceptors (Lipinski definition) is 4. The number of sulfone groups is 1. The third-order valence-electron chi connectivity index (χ3n) is 4.71. The van der Waals surface area contributed by atoms with Crippen LogP contribution in [0.4, 0.5) is 0 Å². The lowest BCUT2D eigenvalue weighted by Gasteiger charge is -2.19. The molecule has 1 heterocycles. The van der Waals surface area contributed by atoms with Gasteiger partial charge >= 0.3 is 0 Å². The van der Waals surface area contributed by atoms with Crippen molar-refractivity contribution in [3.05, 3.63) is 29.3 Å². The number of nitrogens with zero attached hydrogens (tertiary/aromatic N) is 1. The van der Waals surface area contributed by atoms with Crippen LogP contribution in [0.5, 0.6) is 0 Å². The van der Waals surface area contributed by atoms with Crippen LogP contribution in [0.1, 0.15) is 30.4 Å². The van der Waals surface area contributed by atoms with Crippen molar-refractivity contribution >= 4 is 28.2 Å². The third-order valence-corrected chi connectivity index (χ3v) is 6.42. The van der Waals surface area contributed by atoms with Crippen LogP contribution in [-0.2, 0) is 27.5 Å². The quantitative estimate of drug-likeness (QED) is 0.871. The largest absolute Gasteiger partial charge is 0.341 e. The molecule has 7 heteroatoms. The van der Waals surface area contributed by atoms with E-state index in [1.165, 1.54) is 5.56 Å². The molecule has 0 atom stereocenters. The number of carbonyl (C=O) groups is 1. The molecular weight excluding hydrogens is 348 g/mol. The highest BCUT2D eigenvalue weighted by molar-refractivity contribution is 7.91. The van der Waals surface area contributed by atoms with Crippen LogP contribution in [0.25, 0.3) is 0 Å². The third kappa shape index (κ3) is 4.49. The van der Waals surface area contributed by atoms with Crippen LogP contribution in [0.15, 0.2) is 23.1 Å². The van der Waals surface area contributed by atoms with Crippen molar-refractivity contribution in [1.82, 2.24) is 10.2 Å². The molecule has 1 fully saturated rings. The van der Waals surface area contributed by atoms with E-state index in [1.807, 2.05) is 6.07 Å². The van der Waals surface area contributed by atoms with Gasteiger partial charge in [0.2, 0.25) is 5.91 Å². The van der Waals surface area contributed by atoms with Gasteiger partial charge < -0.3 is 10.2 Å². The summed E-state index contributed by atoms with van der Waals surface area (Å²) in [7, 11) is -3.39. The molecule has 24 heavy (non-hydrogen) atoms. The summed E-state index contributed by atoms with van der Waals surface area (Å²) >= 11 is 0. The maximum atomic E-state index is 12.5. The molecule has 134 valence electrons. The average Bonchev–Trinajstić information content (AvgIpc) is 2.84. The van der Waals surface area contributed by atoms with E-state index in [-0.39, 0.29) is 30.5 Å². The minimum absolute atomic E-state index is 0. The minimum atomic E-state index is -3.39. The molecule has 0 aromatic heterocycles. The van der Waals surface area contributed by atoms with E-state index in [0.29, 0.717) is 18.0 Å². The van der Waals surface area contributed by atoms with Gasteiger partial charge in [-0.1, -0.05) is 6.07 Å². The first-order valence-corrected chi connectivity index (χ1v) is 10.0. The van der Waals surface area contributed by atoms with Gasteiger partial charge in [0.05, 0.1) is 10.6 Å². The molecule has 1 saturated heterocycles. The van der Waals surface area contributed by atoms with E-state index in [9.17, 15) is 13.2 Å². The van der Waals surface area contributed by atoms with Crippen molar-refractivity contribution in [2.45, 2.75) is 37.0 Å². The zero-order chi connectivity index (χ0) is 16.3. The van der Waals surface area contributed by atoms with Gasteiger partial charge in [-0.05, 0) is 55.5 Å². The topological polar surface area (TPSA) is 66.5 Å². The second kappa shape index (κ2) is 8.32. The van der Waals surface area contributed by atoms with Gasteiger partial charge in [0.15, 0.2) is 9.84 Å². The smallest absolute Gasteiger partial charge is 0.223 e. The van der Waals surface area contributed by atoms with Crippen molar-refractivity contribution < 1.29 is 13.2 Å². The zero-order valence-corrected chi connectivity index (χ0v) is 15.4. The highest BCUT2D eigenvalue weighted by atomic mass is 35.5. The van der Waals surface area contributed by atoms with E-state index < -0.39 is 9.84 Å². The Balaban J connectivity index is 0.00000208. The normalized spacial score (nSPS) is 17.8. The maximum absolute atomic E-state index is 12.5. The van der Waals surface area contributed by atoms with Gasteiger partial charge in [0.25, 0.3) is 0 Å². The Hall–Kier alpha value is -1.11. The van der Waals surface area contributed by atoms with Gasteiger partial charge in [-0.25, -0.2) is 8.42 Å². The van der Waals surface area contributed by atoms with E-state index in [2.05, 4.69) is 5.32 Å². The monoisotopic (exact) mass is 372 g/mol. The zero-order valence-electron chi connectivity index (χ0n) is 13.8. The van der Waals surface area contributed by atoms with Crippen LogP contribution in [0.3, 0.4) is 0 Å². The fourth-order valence-corrected chi connectivity index (χ4v) is 4.61.